The highest BCUT2D eigenvalue weighted by molar-refractivity contribution is 5.98. The van der Waals surface area contributed by atoms with Gasteiger partial charge >= 0.3 is 0 Å². The van der Waals surface area contributed by atoms with Crippen molar-refractivity contribution in [3.8, 4) is 5.75 Å². The van der Waals surface area contributed by atoms with E-state index in [0.29, 0.717) is 17.9 Å². The first kappa shape index (κ1) is 18.8. The van der Waals surface area contributed by atoms with Gasteiger partial charge in [0.05, 0.1) is 7.11 Å². The molecule has 0 aliphatic rings. The summed E-state index contributed by atoms with van der Waals surface area (Å²) >= 11 is 0. The number of H-pyrrole nitrogens is 1. The average molecular weight is 360 g/mol. The van der Waals surface area contributed by atoms with Crippen LogP contribution in [0.25, 0.3) is 0 Å². The molecule has 0 radical (unpaired) electrons. The second-order valence-corrected chi connectivity index (χ2v) is 5.36. The van der Waals surface area contributed by atoms with Crippen LogP contribution in [0.5, 0.6) is 5.75 Å². The zero-order valence-corrected chi connectivity index (χ0v) is 14.3. The fourth-order valence-electron chi connectivity index (χ4n) is 2.21. The third-order valence-corrected chi connectivity index (χ3v) is 3.58. The number of carbonyl (C=O) groups is 2. The highest BCUT2D eigenvalue weighted by Gasteiger charge is 2.19. The summed E-state index contributed by atoms with van der Waals surface area (Å²) in [5, 5.41) is 5.59. The van der Waals surface area contributed by atoms with E-state index in [1.54, 1.807) is 31.2 Å². The Balaban J connectivity index is 2.42. The van der Waals surface area contributed by atoms with Crippen LogP contribution >= 0.6 is 0 Å². The predicted molar refractivity (Wildman–Crippen MR) is 96.5 cm³/mol. The van der Waals surface area contributed by atoms with Crippen LogP contribution in [-0.4, -0.2) is 34.9 Å². The van der Waals surface area contributed by atoms with Gasteiger partial charge < -0.3 is 26.8 Å². The van der Waals surface area contributed by atoms with Crippen LogP contribution in [0.2, 0.25) is 0 Å². The number of carbonyl (C=O) groups excluding carboxylic acids is 2. The van der Waals surface area contributed by atoms with E-state index >= 15 is 0 Å². The van der Waals surface area contributed by atoms with E-state index < -0.39 is 23.4 Å². The van der Waals surface area contributed by atoms with E-state index in [1.165, 1.54) is 7.11 Å². The van der Waals surface area contributed by atoms with Gasteiger partial charge in [0.25, 0.3) is 11.5 Å². The molecule has 10 heteroatoms. The second kappa shape index (κ2) is 8.01. The summed E-state index contributed by atoms with van der Waals surface area (Å²) in [5.74, 6) is -0.962. The van der Waals surface area contributed by atoms with Crippen LogP contribution in [0.4, 0.5) is 17.5 Å². The van der Waals surface area contributed by atoms with Crippen molar-refractivity contribution in [3.05, 3.63) is 40.2 Å². The highest BCUT2D eigenvalue weighted by atomic mass is 16.5. The Morgan fingerprint density at radius 1 is 1.27 bits per heavy atom. The number of nitrogens with two attached hydrogens (primary N) is 2. The number of primary amides is 2. The number of methoxy groups -OCH3 is 1. The minimum atomic E-state index is -0.941. The lowest BCUT2D eigenvalue weighted by atomic mass is 10.2. The molecule has 2 aromatic rings. The van der Waals surface area contributed by atoms with Crippen molar-refractivity contribution < 1.29 is 14.3 Å². The molecule has 1 aromatic carbocycles. The number of nitrogens with one attached hydrogen (secondary N) is 3. The van der Waals surface area contributed by atoms with Crippen molar-refractivity contribution in [2.75, 3.05) is 17.7 Å². The summed E-state index contributed by atoms with van der Waals surface area (Å²) in [5.41, 5.74) is 10.0. The molecule has 2 rings (SSSR count). The summed E-state index contributed by atoms with van der Waals surface area (Å²) in [6.45, 7) is 1.74. The summed E-state index contributed by atoms with van der Waals surface area (Å²) in [7, 11) is 1.53. The van der Waals surface area contributed by atoms with Crippen molar-refractivity contribution in [2.24, 2.45) is 11.5 Å². The molecule has 0 saturated heterocycles. The zero-order chi connectivity index (χ0) is 19.3. The number of amides is 2. The van der Waals surface area contributed by atoms with Gasteiger partial charge in [0.15, 0.2) is 5.82 Å². The number of anilines is 3. The van der Waals surface area contributed by atoms with Crippen molar-refractivity contribution >= 4 is 29.3 Å². The standard InChI is InChI=1S/C16H20N6O4/c1-3-10(12(17)23)20-16-21-14(11(13(18)24)15(25)22-16)19-8-4-6-9(26-2)7-5-8/h4-7,10H,3H2,1-2H3,(H2,17,23)(H2,18,24)(H3,19,20,21,22,25). The molecule has 0 aliphatic carbocycles. The maximum absolute atomic E-state index is 12.2. The molecule has 138 valence electrons. The Bertz CT molecular complexity index is 862. The van der Waals surface area contributed by atoms with Gasteiger partial charge in [-0.15, -0.1) is 0 Å². The van der Waals surface area contributed by atoms with E-state index in [2.05, 4.69) is 20.6 Å². The fraction of sp³-hybridized carbons (Fsp3) is 0.250. The molecule has 1 aromatic heterocycles. The largest absolute Gasteiger partial charge is 0.497 e. The lowest BCUT2D eigenvalue weighted by Crippen LogP contribution is -2.36. The van der Waals surface area contributed by atoms with Gasteiger partial charge in [-0.3, -0.25) is 19.4 Å². The van der Waals surface area contributed by atoms with Crippen LogP contribution in [0.15, 0.2) is 29.1 Å². The normalized spacial score (nSPS) is 11.5. The second-order valence-electron chi connectivity index (χ2n) is 5.36. The molecule has 26 heavy (non-hydrogen) atoms. The summed E-state index contributed by atoms with van der Waals surface area (Å²) in [6, 6.07) is 6.01. The van der Waals surface area contributed by atoms with E-state index in [0.717, 1.165) is 0 Å². The molecule has 0 aliphatic heterocycles. The van der Waals surface area contributed by atoms with Gasteiger partial charge in [0.2, 0.25) is 11.9 Å². The number of hydrogen-bond acceptors (Lipinski definition) is 7. The van der Waals surface area contributed by atoms with Crippen molar-refractivity contribution in [3.63, 3.8) is 0 Å². The first-order valence-electron chi connectivity index (χ1n) is 7.76. The number of ether oxygens (including phenoxy) is 1. The SMILES string of the molecule is CCC(Nc1nc(Nc2ccc(OC)cc2)c(C(N)=O)c(=O)[nH]1)C(N)=O. The Morgan fingerprint density at radius 2 is 1.92 bits per heavy atom. The summed E-state index contributed by atoms with van der Waals surface area (Å²) in [4.78, 5) is 41.7. The first-order valence-corrected chi connectivity index (χ1v) is 7.76. The van der Waals surface area contributed by atoms with Crippen molar-refractivity contribution in [1.29, 1.82) is 0 Å². The van der Waals surface area contributed by atoms with E-state index in [-0.39, 0.29) is 17.3 Å². The third-order valence-electron chi connectivity index (χ3n) is 3.58. The van der Waals surface area contributed by atoms with E-state index in [9.17, 15) is 14.4 Å². The van der Waals surface area contributed by atoms with Crippen LogP contribution in [0, 0.1) is 0 Å². The smallest absolute Gasteiger partial charge is 0.267 e. The minimum absolute atomic E-state index is 0.0124. The van der Waals surface area contributed by atoms with Crippen LogP contribution < -0.4 is 32.4 Å². The monoisotopic (exact) mass is 360 g/mol. The van der Waals surface area contributed by atoms with E-state index in [4.69, 9.17) is 16.2 Å². The van der Waals surface area contributed by atoms with Gasteiger partial charge in [-0.1, -0.05) is 6.92 Å². The quantitative estimate of drug-likeness (QED) is 0.451. The summed E-state index contributed by atoms with van der Waals surface area (Å²) < 4.78 is 5.07. The number of rotatable bonds is 8. The predicted octanol–water partition coefficient (Wildman–Crippen LogP) is 0.297. The van der Waals surface area contributed by atoms with Crippen LogP contribution in [0.3, 0.4) is 0 Å². The summed E-state index contributed by atoms with van der Waals surface area (Å²) in [6.07, 6.45) is 0.387. The van der Waals surface area contributed by atoms with Crippen molar-refractivity contribution in [1.82, 2.24) is 9.97 Å². The number of aromatic amines is 1. The fourth-order valence-corrected chi connectivity index (χ4v) is 2.21. The third kappa shape index (κ3) is 4.29. The van der Waals surface area contributed by atoms with Crippen LogP contribution in [-0.2, 0) is 4.79 Å². The van der Waals surface area contributed by atoms with Gasteiger partial charge in [0, 0.05) is 5.69 Å². The Hall–Kier alpha value is -3.56. The topological polar surface area (TPSA) is 165 Å². The number of nitrogens with zero attached hydrogens (tertiary/aromatic N) is 1. The maximum atomic E-state index is 12.2. The lowest BCUT2D eigenvalue weighted by molar-refractivity contribution is -0.118. The Labute approximate surface area is 148 Å². The van der Waals surface area contributed by atoms with Gasteiger partial charge in [-0.25, -0.2) is 0 Å². The minimum Gasteiger partial charge on any atom is -0.497 e. The van der Waals surface area contributed by atoms with Gasteiger partial charge in [-0.2, -0.15) is 4.98 Å². The molecular formula is C16H20N6O4. The van der Waals surface area contributed by atoms with Crippen LogP contribution in [0.1, 0.15) is 23.7 Å². The molecule has 10 nitrogen and oxygen atoms in total. The molecule has 1 atom stereocenters. The average Bonchev–Trinajstić information content (AvgIpc) is 2.59. The Morgan fingerprint density at radius 3 is 2.42 bits per heavy atom. The molecular weight excluding hydrogens is 340 g/mol. The lowest BCUT2D eigenvalue weighted by Gasteiger charge is -2.15. The Kier molecular flexibility index (Phi) is 5.78. The molecule has 0 saturated carbocycles. The molecule has 1 heterocycles. The number of aromatic nitrogens is 2. The zero-order valence-electron chi connectivity index (χ0n) is 14.3. The number of hydrogen-bond donors (Lipinski definition) is 5. The number of benzene rings is 1. The van der Waals surface area contributed by atoms with E-state index in [1.807, 2.05) is 0 Å². The molecule has 0 fully saturated rings. The molecule has 1 unspecified atom stereocenters. The molecule has 0 spiro atoms. The highest BCUT2D eigenvalue weighted by Crippen LogP contribution is 2.20. The van der Waals surface area contributed by atoms with Gasteiger partial charge in [-0.05, 0) is 30.7 Å². The van der Waals surface area contributed by atoms with Crippen molar-refractivity contribution in [2.45, 2.75) is 19.4 Å². The maximum Gasteiger partial charge on any atom is 0.267 e. The molecule has 7 N–H and O–H groups in total. The molecule has 2 amide bonds. The molecule has 0 bridgehead atoms. The van der Waals surface area contributed by atoms with Gasteiger partial charge in [0.1, 0.15) is 17.4 Å². The first-order chi connectivity index (χ1) is 12.3.